The lowest BCUT2D eigenvalue weighted by Crippen LogP contribution is -2.39. The molecule has 82 valence electrons. The summed E-state index contributed by atoms with van der Waals surface area (Å²) >= 11 is 5.07. The van der Waals surface area contributed by atoms with Gasteiger partial charge in [0.25, 0.3) is 0 Å². The fourth-order valence-electron chi connectivity index (χ4n) is 2.40. The summed E-state index contributed by atoms with van der Waals surface area (Å²) in [6, 6.07) is 1.94. The SMILES string of the molecule is C[C@@H]1C[C@H](C)CN(c2cc(=S)nc[nH]2)C1. The Morgan fingerprint density at radius 1 is 1.40 bits per heavy atom. The Labute approximate surface area is 95.5 Å². The maximum Gasteiger partial charge on any atom is 0.131 e. The van der Waals surface area contributed by atoms with Gasteiger partial charge in [-0.1, -0.05) is 26.1 Å². The molecule has 1 aliphatic rings. The third-order valence-corrected chi connectivity index (χ3v) is 3.10. The van der Waals surface area contributed by atoms with Crippen molar-refractivity contribution in [1.82, 2.24) is 9.97 Å². The number of aromatic amines is 1. The van der Waals surface area contributed by atoms with E-state index in [2.05, 4.69) is 28.7 Å². The van der Waals surface area contributed by atoms with E-state index in [1.54, 1.807) is 6.33 Å². The minimum absolute atomic E-state index is 0.662. The van der Waals surface area contributed by atoms with Gasteiger partial charge in [0.05, 0.1) is 6.33 Å². The molecule has 2 atom stereocenters. The van der Waals surface area contributed by atoms with Gasteiger partial charge < -0.3 is 9.88 Å². The molecule has 1 N–H and O–H groups in total. The number of hydrogen-bond acceptors (Lipinski definition) is 3. The smallest absolute Gasteiger partial charge is 0.131 e. The molecule has 0 aromatic carbocycles. The van der Waals surface area contributed by atoms with Crippen LogP contribution in [-0.2, 0) is 0 Å². The second-order valence-electron chi connectivity index (χ2n) is 4.62. The summed E-state index contributed by atoms with van der Waals surface area (Å²) in [5, 5.41) is 0. The van der Waals surface area contributed by atoms with Crippen molar-refractivity contribution >= 4 is 18.0 Å². The van der Waals surface area contributed by atoms with Crippen LogP contribution in [0.5, 0.6) is 0 Å². The number of hydrogen-bond donors (Lipinski definition) is 1. The predicted molar refractivity (Wildman–Crippen MR) is 64.6 cm³/mol. The van der Waals surface area contributed by atoms with Crippen LogP contribution < -0.4 is 4.90 Å². The normalized spacial score (nSPS) is 26.7. The lowest BCUT2D eigenvalue weighted by atomic mass is 9.92. The van der Waals surface area contributed by atoms with E-state index in [4.69, 9.17) is 12.2 Å². The second kappa shape index (κ2) is 4.31. The lowest BCUT2D eigenvalue weighted by molar-refractivity contribution is 0.355. The molecule has 1 aliphatic heterocycles. The minimum Gasteiger partial charge on any atom is -0.358 e. The van der Waals surface area contributed by atoms with Gasteiger partial charge in [-0.25, -0.2) is 4.98 Å². The number of H-pyrrole nitrogens is 1. The first-order valence-corrected chi connectivity index (χ1v) is 5.85. The first-order chi connectivity index (χ1) is 7.15. The van der Waals surface area contributed by atoms with Gasteiger partial charge in [-0.3, -0.25) is 0 Å². The molecular formula is C11H17N3S. The molecule has 0 spiro atoms. The third kappa shape index (κ3) is 2.56. The van der Waals surface area contributed by atoms with Crippen molar-refractivity contribution in [2.24, 2.45) is 11.8 Å². The molecule has 1 aromatic heterocycles. The van der Waals surface area contributed by atoms with Gasteiger partial charge in [0.1, 0.15) is 10.5 Å². The highest BCUT2D eigenvalue weighted by Crippen LogP contribution is 2.24. The Hall–Kier alpha value is -0.900. The summed E-state index contributed by atoms with van der Waals surface area (Å²) in [4.78, 5) is 9.54. The fraction of sp³-hybridized carbons (Fsp3) is 0.636. The molecule has 2 rings (SSSR count). The second-order valence-corrected chi connectivity index (χ2v) is 5.04. The average molecular weight is 223 g/mol. The van der Waals surface area contributed by atoms with Gasteiger partial charge in [0.2, 0.25) is 0 Å². The minimum atomic E-state index is 0.662. The van der Waals surface area contributed by atoms with Crippen molar-refractivity contribution in [2.75, 3.05) is 18.0 Å². The van der Waals surface area contributed by atoms with Gasteiger partial charge in [0, 0.05) is 19.2 Å². The summed E-state index contributed by atoms with van der Waals surface area (Å²) in [6.07, 6.45) is 3.00. The number of piperidine rings is 1. The van der Waals surface area contributed by atoms with Crippen molar-refractivity contribution in [2.45, 2.75) is 20.3 Å². The highest BCUT2D eigenvalue weighted by atomic mass is 32.1. The molecule has 1 aromatic rings. The molecule has 4 heteroatoms. The van der Waals surface area contributed by atoms with E-state index in [0.717, 1.165) is 30.7 Å². The zero-order valence-corrected chi connectivity index (χ0v) is 10.0. The highest BCUT2D eigenvalue weighted by molar-refractivity contribution is 7.71. The first kappa shape index (κ1) is 10.6. The molecule has 0 unspecified atom stereocenters. The van der Waals surface area contributed by atoms with E-state index in [1.807, 2.05) is 6.07 Å². The Morgan fingerprint density at radius 2 is 2.07 bits per heavy atom. The van der Waals surface area contributed by atoms with Crippen LogP contribution in [0.15, 0.2) is 12.4 Å². The van der Waals surface area contributed by atoms with Crippen LogP contribution in [0.25, 0.3) is 0 Å². The van der Waals surface area contributed by atoms with Gasteiger partial charge >= 0.3 is 0 Å². The number of rotatable bonds is 1. The molecule has 0 bridgehead atoms. The number of aromatic nitrogens is 2. The maximum absolute atomic E-state index is 5.07. The van der Waals surface area contributed by atoms with Crippen LogP contribution in [0.4, 0.5) is 5.82 Å². The predicted octanol–water partition coefficient (Wildman–Crippen LogP) is 2.62. The maximum atomic E-state index is 5.07. The zero-order chi connectivity index (χ0) is 10.8. The van der Waals surface area contributed by atoms with Gasteiger partial charge in [0.15, 0.2) is 0 Å². The summed E-state index contributed by atoms with van der Waals surface area (Å²) in [5.74, 6) is 2.61. The van der Waals surface area contributed by atoms with E-state index < -0.39 is 0 Å². The van der Waals surface area contributed by atoms with E-state index in [1.165, 1.54) is 6.42 Å². The Morgan fingerprint density at radius 3 is 2.67 bits per heavy atom. The summed E-state index contributed by atoms with van der Waals surface area (Å²) in [7, 11) is 0. The highest BCUT2D eigenvalue weighted by Gasteiger charge is 2.22. The van der Waals surface area contributed by atoms with Crippen LogP contribution in [0.1, 0.15) is 20.3 Å². The largest absolute Gasteiger partial charge is 0.358 e. The van der Waals surface area contributed by atoms with Crippen LogP contribution >= 0.6 is 12.2 Å². The topological polar surface area (TPSA) is 31.9 Å². The fourth-order valence-corrected chi connectivity index (χ4v) is 2.56. The molecule has 0 amide bonds. The number of nitrogens with one attached hydrogen (secondary N) is 1. The van der Waals surface area contributed by atoms with Crippen LogP contribution in [0, 0.1) is 16.5 Å². The molecular weight excluding hydrogens is 206 g/mol. The molecule has 1 saturated heterocycles. The molecule has 1 fully saturated rings. The molecule has 0 radical (unpaired) electrons. The summed E-state index contributed by atoms with van der Waals surface area (Å²) < 4.78 is 0.662. The Balaban J connectivity index is 2.19. The van der Waals surface area contributed by atoms with E-state index in [9.17, 15) is 0 Å². The lowest BCUT2D eigenvalue weighted by Gasteiger charge is -2.36. The van der Waals surface area contributed by atoms with Crippen LogP contribution in [0.2, 0.25) is 0 Å². The summed E-state index contributed by atoms with van der Waals surface area (Å²) in [5.41, 5.74) is 0. The first-order valence-electron chi connectivity index (χ1n) is 5.45. The average Bonchev–Trinajstić information content (AvgIpc) is 2.16. The molecule has 3 nitrogen and oxygen atoms in total. The molecule has 0 saturated carbocycles. The zero-order valence-electron chi connectivity index (χ0n) is 9.23. The van der Waals surface area contributed by atoms with Crippen molar-refractivity contribution in [3.05, 3.63) is 17.0 Å². The molecule has 15 heavy (non-hydrogen) atoms. The van der Waals surface area contributed by atoms with Crippen molar-refractivity contribution < 1.29 is 0 Å². The number of nitrogens with zero attached hydrogens (tertiary/aromatic N) is 2. The quantitative estimate of drug-likeness (QED) is 0.743. The van der Waals surface area contributed by atoms with E-state index in [-0.39, 0.29) is 0 Å². The van der Waals surface area contributed by atoms with Gasteiger partial charge in [-0.15, -0.1) is 0 Å². The van der Waals surface area contributed by atoms with E-state index >= 15 is 0 Å². The van der Waals surface area contributed by atoms with Gasteiger partial charge in [-0.05, 0) is 18.3 Å². The standard InChI is InChI=1S/C11H17N3S/c1-8-3-9(2)6-14(5-8)10-4-11(15)13-7-12-10/h4,7-9H,3,5-6H2,1-2H3,(H,12,13,15)/t8-,9+. The van der Waals surface area contributed by atoms with E-state index in [0.29, 0.717) is 4.64 Å². The Kier molecular flexibility index (Phi) is 3.05. The third-order valence-electron chi connectivity index (χ3n) is 2.87. The van der Waals surface area contributed by atoms with Crippen molar-refractivity contribution in [1.29, 1.82) is 0 Å². The van der Waals surface area contributed by atoms with Crippen LogP contribution in [0.3, 0.4) is 0 Å². The Bertz CT molecular complexity index is 377. The summed E-state index contributed by atoms with van der Waals surface area (Å²) in [6.45, 7) is 6.83. The molecule has 2 heterocycles. The number of anilines is 1. The molecule has 0 aliphatic carbocycles. The van der Waals surface area contributed by atoms with Crippen LogP contribution in [-0.4, -0.2) is 23.1 Å². The monoisotopic (exact) mass is 223 g/mol. The van der Waals surface area contributed by atoms with Gasteiger partial charge in [-0.2, -0.15) is 0 Å². The van der Waals surface area contributed by atoms with Crippen molar-refractivity contribution in [3.8, 4) is 0 Å². The van der Waals surface area contributed by atoms with Crippen molar-refractivity contribution in [3.63, 3.8) is 0 Å².